The van der Waals surface area contributed by atoms with Gasteiger partial charge in [-0.2, -0.15) is 0 Å². The quantitative estimate of drug-likeness (QED) is 0.841. The van der Waals surface area contributed by atoms with Gasteiger partial charge in [-0.15, -0.1) is 0 Å². The lowest BCUT2D eigenvalue weighted by Crippen LogP contribution is -2.39. The van der Waals surface area contributed by atoms with E-state index in [0.29, 0.717) is 6.04 Å². The molecule has 3 atom stereocenters. The van der Waals surface area contributed by atoms with Gasteiger partial charge in [0.25, 0.3) is 0 Å². The molecular formula is C17H27NO. The van der Waals surface area contributed by atoms with Crippen LogP contribution in [0.25, 0.3) is 0 Å². The Morgan fingerprint density at radius 1 is 1.32 bits per heavy atom. The molecule has 2 nitrogen and oxygen atoms in total. The zero-order valence-corrected chi connectivity index (χ0v) is 12.5. The second-order valence-corrected chi connectivity index (χ2v) is 5.79. The number of hydrogen-bond donors (Lipinski definition) is 1. The van der Waals surface area contributed by atoms with Crippen LogP contribution in [0.1, 0.15) is 45.1 Å². The predicted octanol–water partition coefficient (Wildman–Crippen LogP) is 3.79. The fourth-order valence-corrected chi connectivity index (χ4v) is 3.37. The van der Waals surface area contributed by atoms with Crippen molar-refractivity contribution < 1.29 is 4.74 Å². The Bertz CT molecular complexity index is 391. The van der Waals surface area contributed by atoms with E-state index in [4.69, 9.17) is 4.74 Å². The van der Waals surface area contributed by atoms with Crippen molar-refractivity contribution in [3.63, 3.8) is 0 Å². The number of para-hydroxylation sites is 1. The maximum Gasteiger partial charge on any atom is 0.122 e. The van der Waals surface area contributed by atoms with Crippen LogP contribution in [0.5, 0.6) is 5.75 Å². The molecule has 106 valence electrons. The molecule has 1 aliphatic carbocycles. The Morgan fingerprint density at radius 2 is 2.11 bits per heavy atom. The van der Waals surface area contributed by atoms with Gasteiger partial charge in [-0.25, -0.2) is 0 Å². The largest absolute Gasteiger partial charge is 0.496 e. The summed E-state index contributed by atoms with van der Waals surface area (Å²) in [4.78, 5) is 0. The van der Waals surface area contributed by atoms with Crippen LogP contribution in [-0.2, 0) is 6.42 Å². The van der Waals surface area contributed by atoms with E-state index in [2.05, 4.69) is 31.3 Å². The molecule has 1 aromatic carbocycles. The van der Waals surface area contributed by atoms with Gasteiger partial charge >= 0.3 is 0 Å². The van der Waals surface area contributed by atoms with E-state index in [0.717, 1.165) is 24.1 Å². The van der Waals surface area contributed by atoms with E-state index >= 15 is 0 Å². The Kier molecular flexibility index (Phi) is 5.26. The predicted molar refractivity (Wildman–Crippen MR) is 80.7 cm³/mol. The number of methoxy groups -OCH3 is 1. The third-order valence-corrected chi connectivity index (χ3v) is 4.40. The van der Waals surface area contributed by atoms with Gasteiger partial charge in [0.05, 0.1) is 7.11 Å². The minimum atomic E-state index is 0.508. The fraction of sp³-hybridized carbons (Fsp3) is 0.647. The monoisotopic (exact) mass is 261 g/mol. The van der Waals surface area contributed by atoms with Crippen LogP contribution in [0.3, 0.4) is 0 Å². The Hall–Kier alpha value is -1.02. The molecule has 1 fully saturated rings. The molecule has 1 aromatic rings. The van der Waals surface area contributed by atoms with Gasteiger partial charge in [-0.1, -0.05) is 38.0 Å². The second kappa shape index (κ2) is 6.95. The maximum absolute atomic E-state index is 5.43. The van der Waals surface area contributed by atoms with Gasteiger partial charge < -0.3 is 10.1 Å². The topological polar surface area (TPSA) is 21.3 Å². The van der Waals surface area contributed by atoms with Crippen LogP contribution in [0, 0.1) is 5.92 Å². The van der Waals surface area contributed by atoms with Gasteiger partial charge in [0.1, 0.15) is 5.75 Å². The van der Waals surface area contributed by atoms with Crippen LogP contribution in [0.4, 0.5) is 0 Å². The van der Waals surface area contributed by atoms with E-state index in [1.165, 1.54) is 31.2 Å². The zero-order chi connectivity index (χ0) is 13.7. The normalized spacial score (nSPS) is 24.4. The maximum atomic E-state index is 5.43. The molecule has 0 bridgehead atoms. The Labute approximate surface area is 117 Å². The smallest absolute Gasteiger partial charge is 0.122 e. The first-order valence-corrected chi connectivity index (χ1v) is 7.62. The summed E-state index contributed by atoms with van der Waals surface area (Å²) in [7, 11) is 1.75. The standard InChI is InChI=1S/C17H27NO/c1-4-14-9-7-10-16(14)18-13(2)12-15-8-5-6-11-17(15)19-3/h5-6,8,11,13-14,16,18H,4,7,9-10,12H2,1-3H3. The van der Waals surface area contributed by atoms with Gasteiger partial charge in [0.2, 0.25) is 0 Å². The highest BCUT2D eigenvalue weighted by molar-refractivity contribution is 5.33. The number of ether oxygens (including phenoxy) is 1. The highest BCUT2D eigenvalue weighted by atomic mass is 16.5. The van der Waals surface area contributed by atoms with Crippen molar-refractivity contribution in [2.75, 3.05) is 7.11 Å². The van der Waals surface area contributed by atoms with Crippen LogP contribution in [-0.4, -0.2) is 19.2 Å². The number of benzene rings is 1. The van der Waals surface area contributed by atoms with Crippen LogP contribution in [0.15, 0.2) is 24.3 Å². The van der Waals surface area contributed by atoms with Gasteiger partial charge in [-0.3, -0.25) is 0 Å². The molecule has 0 radical (unpaired) electrons. The molecule has 1 saturated carbocycles. The molecular weight excluding hydrogens is 234 g/mol. The van der Waals surface area contributed by atoms with Crippen molar-refractivity contribution in [2.24, 2.45) is 5.92 Å². The second-order valence-electron chi connectivity index (χ2n) is 5.79. The third kappa shape index (κ3) is 3.73. The minimum absolute atomic E-state index is 0.508. The average Bonchev–Trinajstić information content (AvgIpc) is 2.86. The SMILES string of the molecule is CCC1CCCC1NC(C)Cc1ccccc1OC. The lowest BCUT2D eigenvalue weighted by molar-refractivity contribution is 0.352. The molecule has 2 rings (SSSR count). The van der Waals surface area contributed by atoms with Crippen LogP contribution >= 0.6 is 0 Å². The first-order valence-electron chi connectivity index (χ1n) is 7.62. The lowest BCUT2D eigenvalue weighted by atomic mass is 9.98. The molecule has 3 unspecified atom stereocenters. The van der Waals surface area contributed by atoms with Gasteiger partial charge in [-0.05, 0) is 43.7 Å². The summed E-state index contributed by atoms with van der Waals surface area (Å²) in [6, 6.07) is 9.57. The van der Waals surface area contributed by atoms with Crippen molar-refractivity contribution in [2.45, 2.75) is 58.0 Å². The van der Waals surface area contributed by atoms with Crippen molar-refractivity contribution in [3.8, 4) is 5.75 Å². The lowest BCUT2D eigenvalue weighted by Gasteiger charge is -2.25. The summed E-state index contributed by atoms with van der Waals surface area (Å²) in [6.45, 7) is 4.60. The number of hydrogen-bond acceptors (Lipinski definition) is 2. The molecule has 19 heavy (non-hydrogen) atoms. The third-order valence-electron chi connectivity index (χ3n) is 4.40. The van der Waals surface area contributed by atoms with E-state index in [1.54, 1.807) is 7.11 Å². The summed E-state index contributed by atoms with van der Waals surface area (Å²) in [5.41, 5.74) is 1.30. The van der Waals surface area contributed by atoms with E-state index < -0.39 is 0 Å². The van der Waals surface area contributed by atoms with Gasteiger partial charge in [0, 0.05) is 12.1 Å². The van der Waals surface area contributed by atoms with E-state index in [1.807, 2.05) is 12.1 Å². The molecule has 0 saturated heterocycles. The van der Waals surface area contributed by atoms with E-state index in [-0.39, 0.29) is 0 Å². The summed E-state index contributed by atoms with van der Waals surface area (Å²) >= 11 is 0. The van der Waals surface area contributed by atoms with Crippen molar-refractivity contribution >= 4 is 0 Å². The number of nitrogens with one attached hydrogen (secondary N) is 1. The first kappa shape index (κ1) is 14.4. The molecule has 0 amide bonds. The zero-order valence-electron chi connectivity index (χ0n) is 12.5. The van der Waals surface area contributed by atoms with Crippen LogP contribution in [0.2, 0.25) is 0 Å². The summed E-state index contributed by atoms with van der Waals surface area (Å²) in [5.74, 6) is 1.88. The summed E-state index contributed by atoms with van der Waals surface area (Å²) in [5, 5.41) is 3.82. The molecule has 0 aliphatic heterocycles. The average molecular weight is 261 g/mol. The Morgan fingerprint density at radius 3 is 2.84 bits per heavy atom. The summed E-state index contributed by atoms with van der Waals surface area (Å²) < 4.78 is 5.43. The molecule has 1 aliphatic rings. The van der Waals surface area contributed by atoms with Crippen molar-refractivity contribution in [3.05, 3.63) is 29.8 Å². The van der Waals surface area contributed by atoms with E-state index in [9.17, 15) is 0 Å². The van der Waals surface area contributed by atoms with Gasteiger partial charge in [0.15, 0.2) is 0 Å². The molecule has 1 N–H and O–H groups in total. The van der Waals surface area contributed by atoms with Crippen molar-refractivity contribution in [1.82, 2.24) is 5.32 Å². The first-order chi connectivity index (χ1) is 9.24. The molecule has 0 spiro atoms. The summed E-state index contributed by atoms with van der Waals surface area (Å²) in [6.07, 6.45) is 6.47. The molecule has 2 heteroatoms. The molecule has 0 heterocycles. The number of rotatable bonds is 6. The van der Waals surface area contributed by atoms with Crippen LogP contribution < -0.4 is 10.1 Å². The highest BCUT2D eigenvalue weighted by Gasteiger charge is 2.26. The molecule has 0 aromatic heterocycles. The minimum Gasteiger partial charge on any atom is -0.496 e. The fourth-order valence-electron chi connectivity index (χ4n) is 3.37. The highest BCUT2D eigenvalue weighted by Crippen LogP contribution is 2.29. The Balaban J connectivity index is 1.92. The van der Waals surface area contributed by atoms with Crippen molar-refractivity contribution in [1.29, 1.82) is 0 Å².